The molecule has 2 rings (SSSR count). The first-order chi connectivity index (χ1) is 7.52. The van der Waals surface area contributed by atoms with Gasteiger partial charge in [0.15, 0.2) is 11.6 Å². The Hall–Kier alpha value is -1.45. The molecule has 86 valence electrons. The van der Waals surface area contributed by atoms with Gasteiger partial charge >= 0.3 is 0 Å². The van der Waals surface area contributed by atoms with Gasteiger partial charge in [0.25, 0.3) is 5.91 Å². The Balaban J connectivity index is 2.51. The molecule has 4 heteroatoms. The number of fused-ring (bicyclic) bond motifs is 1. The number of amides is 1. The summed E-state index contributed by atoms with van der Waals surface area (Å²) in [6, 6.07) is 2.57. The average molecular weight is 225 g/mol. The van der Waals surface area contributed by atoms with E-state index in [1.54, 1.807) is 4.90 Å². The van der Waals surface area contributed by atoms with E-state index in [4.69, 9.17) is 0 Å². The van der Waals surface area contributed by atoms with Crippen molar-refractivity contribution >= 4 is 5.91 Å². The van der Waals surface area contributed by atoms with Crippen LogP contribution in [0.4, 0.5) is 8.78 Å². The maximum absolute atomic E-state index is 13.5. The SMILES string of the molecule is CC(C)N1CCc2ccc(F)c(F)c2C1=O. The van der Waals surface area contributed by atoms with Gasteiger partial charge in [-0.3, -0.25) is 4.79 Å². The smallest absolute Gasteiger partial charge is 0.257 e. The van der Waals surface area contributed by atoms with Crippen LogP contribution in [-0.4, -0.2) is 23.4 Å². The van der Waals surface area contributed by atoms with E-state index >= 15 is 0 Å². The summed E-state index contributed by atoms with van der Waals surface area (Å²) in [6.45, 7) is 4.29. The molecule has 0 bridgehead atoms. The van der Waals surface area contributed by atoms with Gasteiger partial charge < -0.3 is 4.90 Å². The summed E-state index contributed by atoms with van der Waals surface area (Å²) in [4.78, 5) is 13.5. The van der Waals surface area contributed by atoms with Crippen molar-refractivity contribution in [3.05, 3.63) is 34.9 Å². The van der Waals surface area contributed by atoms with Crippen molar-refractivity contribution < 1.29 is 13.6 Å². The molecule has 1 aromatic rings. The molecular weight excluding hydrogens is 212 g/mol. The highest BCUT2D eigenvalue weighted by molar-refractivity contribution is 5.97. The minimum absolute atomic E-state index is 0.00307. The van der Waals surface area contributed by atoms with Gasteiger partial charge in [-0.2, -0.15) is 0 Å². The predicted octanol–water partition coefficient (Wildman–Crippen LogP) is 2.37. The maximum atomic E-state index is 13.5. The molecule has 1 aliphatic heterocycles. The number of hydrogen-bond acceptors (Lipinski definition) is 1. The molecule has 0 aliphatic carbocycles. The number of rotatable bonds is 1. The molecule has 0 saturated carbocycles. The third-order valence-corrected chi connectivity index (χ3v) is 2.90. The van der Waals surface area contributed by atoms with Crippen molar-refractivity contribution in [3.63, 3.8) is 0 Å². The molecule has 0 spiro atoms. The molecular formula is C12H13F2NO. The third kappa shape index (κ3) is 1.58. The number of carbonyl (C=O) groups excluding carboxylic acids is 1. The van der Waals surface area contributed by atoms with Crippen molar-refractivity contribution in [1.82, 2.24) is 4.90 Å². The molecule has 0 fully saturated rings. The van der Waals surface area contributed by atoms with Gasteiger partial charge in [-0.1, -0.05) is 6.07 Å². The first kappa shape index (κ1) is 11.0. The Morgan fingerprint density at radius 2 is 2.00 bits per heavy atom. The summed E-state index contributed by atoms with van der Waals surface area (Å²) in [5.41, 5.74) is 0.501. The number of benzene rings is 1. The van der Waals surface area contributed by atoms with Crippen LogP contribution in [0, 0.1) is 11.6 Å². The zero-order valence-electron chi connectivity index (χ0n) is 9.26. The van der Waals surface area contributed by atoms with Gasteiger partial charge in [-0.05, 0) is 31.9 Å². The molecule has 1 heterocycles. The van der Waals surface area contributed by atoms with E-state index in [1.807, 2.05) is 13.8 Å². The van der Waals surface area contributed by atoms with E-state index in [9.17, 15) is 13.6 Å². The minimum atomic E-state index is -1.02. The lowest BCUT2D eigenvalue weighted by atomic mass is 9.97. The zero-order valence-corrected chi connectivity index (χ0v) is 9.26. The Bertz CT molecular complexity index is 443. The van der Waals surface area contributed by atoms with Crippen LogP contribution in [0.2, 0.25) is 0 Å². The lowest BCUT2D eigenvalue weighted by molar-refractivity contribution is 0.0681. The molecule has 0 radical (unpaired) electrons. The summed E-state index contributed by atoms with van der Waals surface area (Å²) >= 11 is 0. The molecule has 1 aromatic carbocycles. The van der Waals surface area contributed by atoms with Gasteiger partial charge in [0.05, 0.1) is 5.56 Å². The van der Waals surface area contributed by atoms with Gasteiger partial charge in [-0.25, -0.2) is 8.78 Å². The maximum Gasteiger partial charge on any atom is 0.257 e. The fraction of sp³-hybridized carbons (Fsp3) is 0.417. The molecule has 1 amide bonds. The van der Waals surface area contributed by atoms with Crippen LogP contribution in [0.3, 0.4) is 0 Å². The van der Waals surface area contributed by atoms with Crippen LogP contribution in [0.15, 0.2) is 12.1 Å². The van der Waals surface area contributed by atoms with Crippen molar-refractivity contribution in [2.45, 2.75) is 26.3 Å². The Morgan fingerprint density at radius 1 is 1.31 bits per heavy atom. The summed E-state index contributed by atoms with van der Waals surface area (Å²) in [5, 5.41) is 0. The highest BCUT2D eigenvalue weighted by atomic mass is 19.2. The van der Waals surface area contributed by atoms with Crippen molar-refractivity contribution in [1.29, 1.82) is 0 Å². The standard InChI is InChI=1S/C12H13F2NO/c1-7(2)15-6-5-8-3-4-9(13)11(14)10(8)12(15)16/h3-4,7H,5-6H2,1-2H3. The quantitative estimate of drug-likeness (QED) is 0.718. The Morgan fingerprint density at radius 3 is 2.62 bits per heavy atom. The second-order valence-corrected chi connectivity index (χ2v) is 4.24. The van der Waals surface area contributed by atoms with Crippen LogP contribution >= 0.6 is 0 Å². The van der Waals surface area contributed by atoms with Gasteiger partial charge in [-0.15, -0.1) is 0 Å². The lowest BCUT2D eigenvalue weighted by Crippen LogP contribution is -2.42. The predicted molar refractivity (Wildman–Crippen MR) is 56.2 cm³/mol. The third-order valence-electron chi connectivity index (χ3n) is 2.90. The van der Waals surface area contributed by atoms with Crippen LogP contribution in [0.5, 0.6) is 0 Å². The number of carbonyl (C=O) groups is 1. The van der Waals surface area contributed by atoms with E-state index in [-0.39, 0.29) is 11.6 Å². The zero-order chi connectivity index (χ0) is 11.9. The summed E-state index contributed by atoms with van der Waals surface area (Å²) in [5.74, 6) is -2.39. The summed E-state index contributed by atoms with van der Waals surface area (Å²) in [6.07, 6.45) is 0.580. The highest BCUT2D eigenvalue weighted by Crippen LogP contribution is 2.24. The normalized spacial score (nSPS) is 15.6. The molecule has 0 atom stereocenters. The van der Waals surface area contributed by atoms with E-state index < -0.39 is 17.5 Å². The molecule has 0 saturated heterocycles. The minimum Gasteiger partial charge on any atom is -0.336 e. The molecule has 2 nitrogen and oxygen atoms in total. The van der Waals surface area contributed by atoms with Crippen LogP contribution in [0.1, 0.15) is 29.8 Å². The fourth-order valence-electron chi connectivity index (χ4n) is 2.01. The second kappa shape index (κ2) is 3.85. The van der Waals surface area contributed by atoms with E-state index in [0.717, 1.165) is 6.07 Å². The van der Waals surface area contributed by atoms with Crippen LogP contribution in [0.25, 0.3) is 0 Å². The average Bonchev–Trinajstić information content (AvgIpc) is 2.23. The molecule has 0 N–H and O–H groups in total. The second-order valence-electron chi connectivity index (χ2n) is 4.24. The Kier molecular flexibility index (Phi) is 2.66. The van der Waals surface area contributed by atoms with Crippen molar-refractivity contribution in [2.24, 2.45) is 0 Å². The van der Waals surface area contributed by atoms with E-state index in [1.165, 1.54) is 6.07 Å². The van der Waals surface area contributed by atoms with Crippen molar-refractivity contribution in [3.8, 4) is 0 Å². The van der Waals surface area contributed by atoms with Gasteiger partial charge in [0.1, 0.15) is 0 Å². The monoisotopic (exact) mass is 225 g/mol. The summed E-state index contributed by atoms with van der Waals surface area (Å²) < 4.78 is 26.6. The van der Waals surface area contributed by atoms with Gasteiger partial charge in [0, 0.05) is 12.6 Å². The lowest BCUT2D eigenvalue weighted by Gasteiger charge is -2.31. The number of hydrogen-bond donors (Lipinski definition) is 0. The number of halogens is 2. The first-order valence-electron chi connectivity index (χ1n) is 5.30. The molecule has 1 aliphatic rings. The molecule has 0 aromatic heterocycles. The summed E-state index contributed by atoms with van der Waals surface area (Å²) in [7, 11) is 0. The Labute approximate surface area is 92.9 Å². The van der Waals surface area contributed by atoms with Crippen LogP contribution in [-0.2, 0) is 6.42 Å². The number of nitrogens with zero attached hydrogens (tertiary/aromatic N) is 1. The van der Waals surface area contributed by atoms with Crippen molar-refractivity contribution in [2.75, 3.05) is 6.54 Å². The van der Waals surface area contributed by atoms with Crippen LogP contribution < -0.4 is 0 Å². The molecule has 0 unspecified atom stereocenters. The van der Waals surface area contributed by atoms with Gasteiger partial charge in [0.2, 0.25) is 0 Å². The molecule has 16 heavy (non-hydrogen) atoms. The largest absolute Gasteiger partial charge is 0.336 e. The first-order valence-corrected chi connectivity index (χ1v) is 5.30. The topological polar surface area (TPSA) is 20.3 Å². The fourth-order valence-corrected chi connectivity index (χ4v) is 2.01. The highest BCUT2D eigenvalue weighted by Gasteiger charge is 2.30. The van der Waals surface area contributed by atoms with E-state index in [0.29, 0.717) is 18.5 Å². The van der Waals surface area contributed by atoms with E-state index in [2.05, 4.69) is 0 Å².